The van der Waals surface area contributed by atoms with Crippen molar-refractivity contribution in [1.29, 1.82) is 5.26 Å². The van der Waals surface area contributed by atoms with Crippen molar-refractivity contribution in [2.75, 3.05) is 27.3 Å². The third-order valence-electron chi connectivity index (χ3n) is 2.43. The number of carbonyl (C=O) groups is 1. The van der Waals surface area contributed by atoms with Gasteiger partial charge in [-0.1, -0.05) is 0 Å². The van der Waals surface area contributed by atoms with E-state index in [1.54, 1.807) is 38.4 Å². The van der Waals surface area contributed by atoms with Gasteiger partial charge in [0, 0.05) is 26.3 Å². The molecule has 0 aliphatic heterocycles. The van der Waals surface area contributed by atoms with E-state index in [9.17, 15) is 4.79 Å². The number of rotatable bonds is 5. The summed E-state index contributed by atoms with van der Waals surface area (Å²) in [5.74, 6) is -0.124. The van der Waals surface area contributed by atoms with Crippen LogP contribution in [0.25, 0.3) is 0 Å². The smallest absolute Gasteiger partial charge is 0.253 e. The Labute approximate surface area is 112 Å². The first-order chi connectivity index (χ1) is 8.58. The number of hydrogen-bond donors (Lipinski definition) is 0. The number of carbonyl (C=O) groups excluding carboxylic acids is 1. The SMILES string of the molecule is COCC(Cl)CN(C)C(=O)c1ccc(C#N)cc1. The summed E-state index contributed by atoms with van der Waals surface area (Å²) in [4.78, 5) is 13.6. The van der Waals surface area contributed by atoms with Gasteiger partial charge in [-0.2, -0.15) is 5.26 Å². The predicted molar refractivity (Wildman–Crippen MR) is 69.6 cm³/mol. The molecule has 0 aliphatic carbocycles. The molecule has 0 heterocycles. The second-order valence-electron chi connectivity index (χ2n) is 3.93. The monoisotopic (exact) mass is 266 g/mol. The lowest BCUT2D eigenvalue weighted by atomic mass is 10.1. The van der Waals surface area contributed by atoms with Gasteiger partial charge < -0.3 is 9.64 Å². The van der Waals surface area contributed by atoms with E-state index in [-0.39, 0.29) is 11.3 Å². The molecule has 4 nitrogen and oxygen atoms in total. The van der Waals surface area contributed by atoms with Crippen LogP contribution in [-0.2, 0) is 4.74 Å². The van der Waals surface area contributed by atoms with Crippen LogP contribution in [-0.4, -0.2) is 43.5 Å². The maximum Gasteiger partial charge on any atom is 0.253 e. The summed E-state index contributed by atoms with van der Waals surface area (Å²) in [6, 6.07) is 8.52. The van der Waals surface area contributed by atoms with Crippen molar-refractivity contribution in [3.63, 3.8) is 0 Å². The van der Waals surface area contributed by atoms with E-state index in [2.05, 4.69) is 0 Å². The van der Waals surface area contributed by atoms with Crippen molar-refractivity contribution in [2.45, 2.75) is 5.38 Å². The lowest BCUT2D eigenvalue weighted by Gasteiger charge is -2.20. The molecule has 0 aliphatic rings. The highest BCUT2D eigenvalue weighted by Gasteiger charge is 2.15. The fourth-order valence-corrected chi connectivity index (χ4v) is 1.85. The van der Waals surface area contributed by atoms with Crippen LogP contribution in [0, 0.1) is 11.3 Å². The number of benzene rings is 1. The van der Waals surface area contributed by atoms with E-state index in [1.165, 1.54) is 4.90 Å². The molecule has 5 heteroatoms. The van der Waals surface area contributed by atoms with Crippen LogP contribution < -0.4 is 0 Å². The number of amides is 1. The van der Waals surface area contributed by atoms with Crippen LogP contribution in [0.2, 0.25) is 0 Å². The van der Waals surface area contributed by atoms with Gasteiger partial charge in [0.05, 0.1) is 23.6 Å². The van der Waals surface area contributed by atoms with Gasteiger partial charge in [-0.25, -0.2) is 0 Å². The van der Waals surface area contributed by atoms with Gasteiger partial charge in [0.15, 0.2) is 0 Å². The topological polar surface area (TPSA) is 53.3 Å². The maximum atomic E-state index is 12.0. The molecular weight excluding hydrogens is 252 g/mol. The summed E-state index contributed by atoms with van der Waals surface area (Å²) in [6.07, 6.45) is 0. The minimum absolute atomic E-state index is 0.124. The molecule has 0 aromatic heterocycles. The standard InChI is InChI=1S/C13H15ClN2O2/c1-16(8-12(14)9-18-2)13(17)11-5-3-10(7-15)4-6-11/h3-6,12H,8-9H2,1-2H3. The average molecular weight is 267 g/mol. The number of hydrogen-bond acceptors (Lipinski definition) is 3. The van der Waals surface area contributed by atoms with Crippen LogP contribution in [0.3, 0.4) is 0 Å². The molecule has 0 N–H and O–H groups in total. The minimum atomic E-state index is -0.234. The molecule has 0 bridgehead atoms. The number of nitrogens with zero attached hydrogens (tertiary/aromatic N) is 2. The van der Waals surface area contributed by atoms with Gasteiger partial charge in [0.25, 0.3) is 5.91 Å². The molecule has 1 aromatic carbocycles. The molecular formula is C13H15ClN2O2. The van der Waals surface area contributed by atoms with Gasteiger partial charge in [-0.05, 0) is 24.3 Å². The first kappa shape index (κ1) is 14.5. The van der Waals surface area contributed by atoms with Gasteiger partial charge in [-0.15, -0.1) is 11.6 Å². The number of nitriles is 1. The lowest BCUT2D eigenvalue weighted by Crippen LogP contribution is -2.33. The first-order valence-electron chi connectivity index (χ1n) is 5.47. The molecule has 0 saturated heterocycles. The zero-order chi connectivity index (χ0) is 13.5. The third kappa shape index (κ3) is 4.02. The van der Waals surface area contributed by atoms with Crippen molar-refractivity contribution < 1.29 is 9.53 Å². The van der Waals surface area contributed by atoms with E-state index in [0.29, 0.717) is 24.3 Å². The largest absolute Gasteiger partial charge is 0.383 e. The van der Waals surface area contributed by atoms with Crippen LogP contribution >= 0.6 is 11.6 Å². The Kier molecular flexibility index (Phi) is 5.63. The van der Waals surface area contributed by atoms with Gasteiger partial charge in [0.1, 0.15) is 0 Å². The molecule has 1 unspecified atom stereocenters. The highest BCUT2D eigenvalue weighted by atomic mass is 35.5. The first-order valence-corrected chi connectivity index (χ1v) is 5.90. The van der Waals surface area contributed by atoms with Gasteiger partial charge in [0.2, 0.25) is 0 Å². The van der Waals surface area contributed by atoms with Crippen molar-refractivity contribution in [3.8, 4) is 6.07 Å². The Hall–Kier alpha value is -1.57. The fraction of sp³-hybridized carbons (Fsp3) is 0.385. The van der Waals surface area contributed by atoms with Crippen molar-refractivity contribution >= 4 is 17.5 Å². The highest BCUT2D eigenvalue weighted by Crippen LogP contribution is 2.08. The van der Waals surface area contributed by atoms with Crippen LogP contribution in [0.1, 0.15) is 15.9 Å². The summed E-state index contributed by atoms with van der Waals surface area (Å²) in [6.45, 7) is 0.806. The molecule has 1 atom stereocenters. The maximum absolute atomic E-state index is 12.0. The Morgan fingerprint density at radius 2 is 2.11 bits per heavy atom. The predicted octanol–water partition coefficient (Wildman–Crippen LogP) is 1.88. The Bertz CT molecular complexity index is 439. The highest BCUT2D eigenvalue weighted by molar-refractivity contribution is 6.21. The average Bonchev–Trinajstić information content (AvgIpc) is 2.38. The minimum Gasteiger partial charge on any atom is -0.383 e. The van der Waals surface area contributed by atoms with Crippen molar-refractivity contribution in [2.24, 2.45) is 0 Å². The van der Waals surface area contributed by atoms with Crippen LogP contribution in [0.15, 0.2) is 24.3 Å². The second-order valence-corrected chi connectivity index (χ2v) is 4.54. The molecule has 0 radical (unpaired) electrons. The number of ether oxygens (including phenoxy) is 1. The van der Waals surface area contributed by atoms with Gasteiger partial charge >= 0.3 is 0 Å². The molecule has 0 fully saturated rings. The molecule has 18 heavy (non-hydrogen) atoms. The Morgan fingerprint density at radius 1 is 1.50 bits per heavy atom. The van der Waals surface area contributed by atoms with Crippen molar-refractivity contribution in [1.82, 2.24) is 4.90 Å². The lowest BCUT2D eigenvalue weighted by molar-refractivity contribution is 0.0781. The van der Waals surface area contributed by atoms with Crippen molar-refractivity contribution in [3.05, 3.63) is 35.4 Å². The summed E-state index contributed by atoms with van der Waals surface area (Å²) in [5, 5.41) is 8.44. The molecule has 0 spiro atoms. The van der Waals surface area contributed by atoms with E-state index < -0.39 is 0 Å². The van der Waals surface area contributed by atoms with E-state index in [1.807, 2.05) is 6.07 Å². The zero-order valence-electron chi connectivity index (χ0n) is 10.4. The fourth-order valence-electron chi connectivity index (χ4n) is 1.52. The van der Waals surface area contributed by atoms with Crippen LogP contribution in [0.5, 0.6) is 0 Å². The Morgan fingerprint density at radius 3 is 2.61 bits per heavy atom. The van der Waals surface area contributed by atoms with Crippen LogP contribution in [0.4, 0.5) is 0 Å². The normalized spacial score (nSPS) is 11.7. The van der Waals surface area contributed by atoms with Gasteiger partial charge in [-0.3, -0.25) is 4.79 Å². The molecule has 1 aromatic rings. The number of halogens is 1. The second kappa shape index (κ2) is 7.00. The summed E-state index contributed by atoms with van der Waals surface area (Å²) in [5.41, 5.74) is 1.07. The molecule has 1 amide bonds. The summed E-state index contributed by atoms with van der Waals surface area (Å²) < 4.78 is 4.91. The number of methoxy groups -OCH3 is 1. The van der Waals surface area contributed by atoms with E-state index >= 15 is 0 Å². The van der Waals surface area contributed by atoms with E-state index in [0.717, 1.165) is 0 Å². The molecule has 96 valence electrons. The summed E-state index contributed by atoms with van der Waals surface area (Å²) >= 11 is 5.99. The van der Waals surface area contributed by atoms with E-state index in [4.69, 9.17) is 21.6 Å². The third-order valence-corrected chi connectivity index (χ3v) is 2.69. The molecule has 0 saturated carbocycles. The zero-order valence-corrected chi connectivity index (χ0v) is 11.1. The quantitative estimate of drug-likeness (QED) is 0.765. The molecule has 1 rings (SSSR count). The Balaban J connectivity index is 2.65. The summed E-state index contributed by atoms with van der Waals surface area (Å²) in [7, 11) is 3.25. The number of alkyl halides is 1.